The smallest absolute Gasteiger partial charge is 0.408 e. The predicted molar refractivity (Wildman–Crippen MR) is 80.8 cm³/mol. The van der Waals surface area contributed by atoms with Gasteiger partial charge in [-0.25, -0.2) is 4.79 Å². The van der Waals surface area contributed by atoms with E-state index in [1.165, 1.54) is 19.3 Å². The Labute approximate surface area is 127 Å². The number of fused-ring (bicyclic) bond motifs is 1. The molecule has 0 aromatic rings. The van der Waals surface area contributed by atoms with E-state index in [0.29, 0.717) is 17.8 Å². The summed E-state index contributed by atoms with van der Waals surface area (Å²) in [5.41, 5.74) is -0.537. The Morgan fingerprint density at radius 1 is 1.24 bits per heavy atom. The number of carbonyl (C=O) groups excluding carboxylic acids is 2. The van der Waals surface area contributed by atoms with Crippen molar-refractivity contribution in [3.63, 3.8) is 0 Å². The van der Waals surface area contributed by atoms with Gasteiger partial charge < -0.3 is 15.0 Å². The number of amides is 2. The summed E-state index contributed by atoms with van der Waals surface area (Å²) in [6, 6.07) is 0. The van der Waals surface area contributed by atoms with Gasteiger partial charge in [-0.15, -0.1) is 0 Å². The van der Waals surface area contributed by atoms with E-state index < -0.39 is 11.7 Å². The number of likely N-dealkylation sites (tertiary alicyclic amines) is 1. The Morgan fingerprint density at radius 3 is 2.57 bits per heavy atom. The van der Waals surface area contributed by atoms with Gasteiger partial charge in [0.1, 0.15) is 12.1 Å². The van der Waals surface area contributed by atoms with E-state index in [0.717, 1.165) is 13.1 Å². The summed E-state index contributed by atoms with van der Waals surface area (Å²) in [6.45, 7) is 9.44. The van der Waals surface area contributed by atoms with Crippen LogP contribution in [0.3, 0.4) is 0 Å². The molecule has 0 bridgehead atoms. The van der Waals surface area contributed by atoms with Crippen molar-refractivity contribution in [2.24, 2.45) is 17.8 Å². The number of alkyl carbamates (subject to hydrolysis) is 1. The van der Waals surface area contributed by atoms with Crippen LogP contribution in [0.15, 0.2) is 0 Å². The first-order valence-electron chi connectivity index (χ1n) is 8.01. The molecule has 1 aliphatic carbocycles. The van der Waals surface area contributed by atoms with Gasteiger partial charge in [0.05, 0.1) is 0 Å². The van der Waals surface area contributed by atoms with Crippen molar-refractivity contribution in [3.05, 3.63) is 0 Å². The second kappa shape index (κ2) is 6.24. The van der Waals surface area contributed by atoms with Gasteiger partial charge in [-0.3, -0.25) is 4.79 Å². The number of carbonyl (C=O) groups is 2. The first-order valence-corrected chi connectivity index (χ1v) is 8.01. The summed E-state index contributed by atoms with van der Waals surface area (Å²) in [5, 5.41) is 2.56. The zero-order valence-corrected chi connectivity index (χ0v) is 13.6. The van der Waals surface area contributed by atoms with Gasteiger partial charge in [0, 0.05) is 13.1 Å². The SMILES string of the molecule is C[C@@H]1CCCC2CN(C(=O)CNC(=O)OC(C)(C)C)CC21. The molecule has 5 heteroatoms. The Morgan fingerprint density at radius 2 is 1.95 bits per heavy atom. The lowest BCUT2D eigenvalue weighted by molar-refractivity contribution is -0.129. The van der Waals surface area contributed by atoms with Crippen LogP contribution in [0, 0.1) is 17.8 Å². The monoisotopic (exact) mass is 296 g/mol. The fraction of sp³-hybridized carbons (Fsp3) is 0.875. The van der Waals surface area contributed by atoms with Gasteiger partial charge in [0.25, 0.3) is 0 Å². The number of nitrogens with zero attached hydrogens (tertiary/aromatic N) is 1. The molecule has 21 heavy (non-hydrogen) atoms. The van der Waals surface area contributed by atoms with Crippen LogP contribution < -0.4 is 5.32 Å². The molecule has 0 spiro atoms. The van der Waals surface area contributed by atoms with Gasteiger partial charge in [0.15, 0.2) is 0 Å². The number of hydrogen-bond acceptors (Lipinski definition) is 3. The Balaban J connectivity index is 1.78. The molecular formula is C16H28N2O3. The minimum Gasteiger partial charge on any atom is -0.444 e. The molecule has 5 nitrogen and oxygen atoms in total. The van der Waals surface area contributed by atoms with Gasteiger partial charge in [-0.1, -0.05) is 19.8 Å². The maximum absolute atomic E-state index is 12.2. The van der Waals surface area contributed by atoms with E-state index in [1.807, 2.05) is 4.90 Å². The maximum atomic E-state index is 12.2. The summed E-state index contributed by atoms with van der Waals surface area (Å²) in [6.07, 6.45) is 3.26. The lowest BCUT2D eigenvalue weighted by atomic mass is 9.75. The van der Waals surface area contributed by atoms with Gasteiger partial charge in [0.2, 0.25) is 5.91 Å². The molecule has 1 saturated heterocycles. The van der Waals surface area contributed by atoms with Crippen molar-refractivity contribution in [1.29, 1.82) is 0 Å². The topological polar surface area (TPSA) is 58.6 Å². The second-order valence-electron chi connectivity index (χ2n) is 7.49. The molecule has 2 fully saturated rings. The fourth-order valence-electron chi connectivity index (χ4n) is 3.54. The van der Waals surface area contributed by atoms with Crippen LogP contribution in [-0.4, -0.2) is 42.1 Å². The average Bonchev–Trinajstić information content (AvgIpc) is 2.79. The van der Waals surface area contributed by atoms with E-state index in [-0.39, 0.29) is 12.5 Å². The molecule has 2 unspecified atom stereocenters. The van der Waals surface area contributed by atoms with Crippen molar-refractivity contribution < 1.29 is 14.3 Å². The minimum absolute atomic E-state index is 0.00228. The van der Waals surface area contributed by atoms with Crippen LogP contribution in [0.25, 0.3) is 0 Å². The molecule has 0 radical (unpaired) electrons. The van der Waals surface area contributed by atoms with Crippen LogP contribution in [0.2, 0.25) is 0 Å². The van der Waals surface area contributed by atoms with Gasteiger partial charge in [-0.2, -0.15) is 0 Å². The Bertz CT molecular complexity index is 403. The van der Waals surface area contributed by atoms with Gasteiger partial charge in [-0.05, 0) is 44.9 Å². The highest BCUT2D eigenvalue weighted by molar-refractivity contribution is 5.82. The number of hydrogen-bond donors (Lipinski definition) is 1. The molecule has 2 rings (SSSR count). The first-order chi connectivity index (χ1) is 9.76. The third-order valence-corrected chi connectivity index (χ3v) is 4.59. The van der Waals surface area contributed by atoms with Crippen LogP contribution in [0.4, 0.5) is 4.79 Å². The quantitative estimate of drug-likeness (QED) is 0.851. The van der Waals surface area contributed by atoms with E-state index in [2.05, 4.69) is 12.2 Å². The third kappa shape index (κ3) is 4.35. The molecule has 1 heterocycles. The molecule has 0 aromatic heterocycles. The van der Waals surface area contributed by atoms with Crippen molar-refractivity contribution in [3.8, 4) is 0 Å². The summed E-state index contributed by atoms with van der Waals surface area (Å²) in [4.78, 5) is 25.7. The molecule has 3 atom stereocenters. The average molecular weight is 296 g/mol. The minimum atomic E-state index is -0.537. The molecule has 2 aliphatic rings. The lowest BCUT2D eigenvalue weighted by Gasteiger charge is -2.29. The molecule has 0 aromatic carbocycles. The van der Waals surface area contributed by atoms with E-state index >= 15 is 0 Å². The van der Waals surface area contributed by atoms with E-state index in [9.17, 15) is 9.59 Å². The Kier molecular flexibility index (Phi) is 4.79. The number of nitrogens with one attached hydrogen (secondary N) is 1. The second-order valence-corrected chi connectivity index (χ2v) is 7.49. The normalized spacial score (nSPS) is 29.0. The molecule has 2 amide bonds. The molecule has 1 aliphatic heterocycles. The number of ether oxygens (including phenoxy) is 1. The van der Waals surface area contributed by atoms with Crippen molar-refractivity contribution >= 4 is 12.0 Å². The standard InChI is InChI=1S/C16H28N2O3/c1-11-6-5-7-12-9-18(10-13(11)12)14(19)8-17-15(20)21-16(2,3)4/h11-13H,5-10H2,1-4H3,(H,17,20)/t11-,12?,13?/m1/s1. The summed E-state index contributed by atoms with van der Waals surface area (Å²) in [7, 11) is 0. The molecule has 1 N–H and O–H groups in total. The third-order valence-electron chi connectivity index (χ3n) is 4.59. The highest BCUT2D eigenvalue weighted by atomic mass is 16.6. The summed E-state index contributed by atoms with van der Waals surface area (Å²) < 4.78 is 5.14. The van der Waals surface area contributed by atoms with Crippen LogP contribution in [0.5, 0.6) is 0 Å². The van der Waals surface area contributed by atoms with Crippen molar-refractivity contribution in [2.45, 2.75) is 52.6 Å². The largest absolute Gasteiger partial charge is 0.444 e. The van der Waals surface area contributed by atoms with Crippen LogP contribution >= 0.6 is 0 Å². The van der Waals surface area contributed by atoms with Crippen LogP contribution in [-0.2, 0) is 9.53 Å². The summed E-state index contributed by atoms with van der Waals surface area (Å²) in [5.74, 6) is 2.01. The highest BCUT2D eigenvalue weighted by Gasteiger charge is 2.39. The van der Waals surface area contributed by atoms with E-state index in [4.69, 9.17) is 4.74 Å². The van der Waals surface area contributed by atoms with Crippen LogP contribution in [0.1, 0.15) is 47.0 Å². The maximum Gasteiger partial charge on any atom is 0.408 e. The molecule has 120 valence electrons. The first kappa shape index (κ1) is 16.1. The predicted octanol–water partition coefficient (Wildman–Crippen LogP) is 2.41. The Hall–Kier alpha value is -1.26. The highest BCUT2D eigenvalue weighted by Crippen LogP contribution is 2.39. The zero-order valence-electron chi connectivity index (χ0n) is 13.6. The van der Waals surface area contributed by atoms with Crippen molar-refractivity contribution in [1.82, 2.24) is 10.2 Å². The number of rotatable bonds is 2. The zero-order chi connectivity index (χ0) is 15.6. The van der Waals surface area contributed by atoms with E-state index in [1.54, 1.807) is 20.8 Å². The van der Waals surface area contributed by atoms with Crippen molar-refractivity contribution in [2.75, 3.05) is 19.6 Å². The summed E-state index contributed by atoms with van der Waals surface area (Å²) >= 11 is 0. The lowest BCUT2D eigenvalue weighted by Crippen LogP contribution is -2.41. The molecular weight excluding hydrogens is 268 g/mol. The molecule has 1 saturated carbocycles. The fourth-order valence-corrected chi connectivity index (χ4v) is 3.54. The van der Waals surface area contributed by atoms with Gasteiger partial charge >= 0.3 is 6.09 Å².